The molecule has 0 saturated heterocycles. The van der Waals surface area contributed by atoms with Gasteiger partial charge in [-0.05, 0) is 36.1 Å². The first kappa shape index (κ1) is 16.5. The standard InChI is InChI=1S/C17H17Cl3O/c1-3-11-7-5-6-8-12(11)17(20)13-9-15(19)16(21-4-2)10-14(13)18/h5-10,17H,3-4H2,1-2H3. The van der Waals surface area contributed by atoms with Crippen molar-refractivity contribution in [3.8, 4) is 5.75 Å². The normalized spacial score (nSPS) is 12.2. The van der Waals surface area contributed by atoms with Crippen LogP contribution in [-0.4, -0.2) is 6.61 Å². The maximum Gasteiger partial charge on any atom is 0.139 e. The third-order valence-electron chi connectivity index (χ3n) is 3.33. The van der Waals surface area contributed by atoms with Crippen molar-refractivity contribution in [2.45, 2.75) is 25.6 Å². The molecular formula is C17H17Cl3O. The summed E-state index contributed by atoms with van der Waals surface area (Å²) < 4.78 is 5.44. The minimum absolute atomic E-state index is 0.332. The lowest BCUT2D eigenvalue weighted by atomic mass is 9.97. The van der Waals surface area contributed by atoms with Crippen molar-refractivity contribution in [2.75, 3.05) is 6.61 Å². The topological polar surface area (TPSA) is 9.23 Å². The fourth-order valence-corrected chi connectivity index (χ4v) is 3.21. The monoisotopic (exact) mass is 342 g/mol. The first-order valence-corrected chi connectivity index (χ1v) is 8.11. The third kappa shape index (κ3) is 3.66. The summed E-state index contributed by atoms with van der Waals surface area (Å²) in [5.41, 5.74) is 3.06. The summed E-state index contributed by atoms with van der Waals surface area (Å²) in [5, 5.41) is 0.756. The first-order chi connectivity index (χ1) is 10.1. The number of hydrogen-bond acceptors (Lipinski definition) is 1. The molecule has 112 valence electrons. The Balaban J connectivity index is 2.44. The minimum Gasteiger partial charge on any atom is -0.492 e. The summed E-state index contributed by atoms with van der Waals surface area (Å²) >= 11 is 19.2. The van der Waals surface area contributed by atoms with E-state index in [4.69, 9.17) is 39.5 Å². The summed E-state index contributed by atoms with van der Waals surface area (Å²) in [7, 11) is 0. The lowest BCUT2D eigenvalue weighted by Crippen LogP contribution is -2.00. The molecule has 0 bridgehead atoms. The van der Waals surface area contributed by atoms with Crippen LogP contribution in [0.4, 0.5) is 0 Å². The lowest BCUT2D eigenvalue weighted by Gasteiger charge is -2.17. The molecule has 0 radical (unpaired) electrons. The van der Waals surface area contributed by atoms with Gasteiger partial charge in [-0.25, -0.2) is 0 Å². The van der Waals surface area contributed by atoms with E-state index in [0.29, 0.717) is 22.4 Å². The molecule has 0 aromatic heterocycles. The van der Waals surface area contributed by atoms with Gasteiger partial charge in [0.1, 0.15) is 5.75 Å². The molecule has 0 aliphatic rings. The number of alkyl halides is 1. The quantitative estimate of drug-likeness (QED) is 0.580. The van der Waals surface area contributed by atoms with Crippen molar-refractivity contribution < 1.29 is 4.74 Å². The number of rotatable bonds is 5. The largest absolute Gasteiger partial charge is 0.492 e. The van der Waals surface area contributed by atoms with Crippen molar-refractivity contribution >= 4 is 34.8 Å². The zero-order chi connectivity index (χ0) is 15.4. The molecule has 2 aromatic carbocycles. The Bertz CT molecular complexity index is 625. The molecule has 0 amide bonds. The molecule has 1 nitrogen and oxygen atoms in total. The van der Waals surface area contributed by atoms with Gasteiger partial charge in [0, 0.05) is 11.1 Å². The van der Waals surface area contributed by atoms with Crippen LogP contribution >= 0.6 is 34.8 Å². The maximum atomic E-state index is 6.64. The van der Waals surface area contributed by atoms with Crippen LogP contribution in [0.25, 0.3) is 0 Å². The van der Waals surface area contributed by atoms with E-state index in [1.165, 1.54) is 5.56 Å². The van der Waals surface area contributed by atoms with Crippen LogP contribution < -0.4 is 4.74 Å². The zero-order valence-corrected chi connectivity index (χ0v) is 14.3. The summed E-state index contributed by atoms with van der Waals surface area (Å²) in [4.78, 5) is 0. The molecule has 0 aliphatic carbocycles. The SMILES string of the molecule is CCOc1cc(Cl)c(C(Cl)c2ccccc2CC)cc1Cl. The molecule has 2 aromatic rings. The molecule has 0 N–H and O–H groups in total. The van der Waals surface area contributed by atoms with Crippen LogP contribution in [0.15, 0.2) is 36.4 Å². The average Bonchev–Trinajstić information content (AvgIpc) is 2.50. The predicted molar refractivity (Wildman–Crippen MR) is 91.1 cm³/mol. The number of ether oxygens (including phenoxy) is 1. The highest BCUT2D eigenvalue weighted by Crippen LogP contribution is 2.40. The molecule has 0 fully saturated rings. The molecule has 2 rings (SSSR count). The van der Waals surface area contributed by atoms with Crippen LogP contribution in [-0.2, 0) is 6.42 Å². The van der Waals surface area contributed by atoms with E-state index in [1.807, 2.05) is 25.1 Å². The Morgan fingerprint density at radius 2 is 1.71 bits per heavy atom. The molecule has 21 heavy (non-hydrogen) atoms. The van der Waals surface area contributed by atoms with E-state index in [0.717, 1.165) is 17.5 Å². The van der Waals surface area contributed by atoms with Crippen LogP contribution in [0.2, 0.25) is 10.0 Å². The Morgan fingerprint density at radius 1 is 1.00 bits per heavy atom. The van der Waals surface area contributed by atoms with E-state index in [9.17, 15) is 0 Å². The molecule has 0 heterocycles. The molecule has 1 atom stereocenters. The average molecular weight is 344 g/mol. The Morgan fingerprint density at radius 3 is 2.38 bits per heavy atom. The van der Waals surface area contributed by atoms with E-state index < -0.39 is 0 Å². The van der Waals surface area contributed by atoms with Crippen molar-refractivity contribution in [1.82, 2.24) is 0 Å². The van der Waals surface area contributed by atoms with Crippen molar-refractivity contribution in [2.24, 2.45) is 0 Å². The minimum atomic E-state index is -0.332. The Labute approximate surface area is 140 Å². The molecule has 0 aliphatic heterocycles. The van der Waals surface area contributed by atoms with Gasteiger partial charge in [-0.15, -0.1) is 11.6 Å². The highest BCUT2D eigenvalue weighted by molar-refractivity contribution is 6.36. The van der Waals surface area contributed by atoms with Crippen molar-refractivity contribution in [3.05, 3.63) is 63.1 Å². The van der Waals surface area contributed by atoms with Crippen LogP contribution in [0.5, 0.6) is 5.75 Å². The van der Waals surface area contributed by atoms with E-state index in [1.54, 1.807) is 12.1 Å². The first-order valence-electron chi connectivity index (χ1n) is 6.92. The number of aryl methyl sites for hydroxylation is 1. The zero-order valence-electron chi connectivity index (χ0n) is 12.0. The van der Waals surface area contributed by atoms with E-state index in [-0.39, 0.29) is 5.38 Å². The van der Waals surface area contributed by atoms with Gasteiger partial charge in [0.25, 0.3) is 0 Å². The molecule has 4 heteroatoms. The molecule has 0 saturated carbocycles. The molecular weight excluding hydrogens is 327 g/mol. The summed E-state index contributed by atoms with van der Waals surface area (Å²) in [6.45, 7) is 4.55. The van der Waals surface area contributed by atoms with Gasteiger partial charge in [0.05, 0.1) is 17.0 Å². The summed E-state index contributed by atoms with van der Waals surface area (Å²) in [6.07, 6.45) is 0.918. The Kier molecular flexibility index (Phi) is 5.80. The number of hydrogen-bond donors (Lipinski definition) is 0. The smallest absolute Gasteiger partial charge is 0.139 e. The second-order valence-corrected chi connectivity index (χ2v) is 5.90. The number of halogens is 3. The summed E-state index contributed by atoms with van der Waals surface area (Å²) in [6, 6.07) is 11.6. The van der Waals surface area contributed by atoms with Crippen LogP contribution in [0, 0.1) is 0 Å². The Hall–Kier alpha value is -0.890. The fourth-order valence-electron chi connectivity index (χ4n) is 2.28. The van der Waals surface area contributed by atoms with Gasteiger partial charge in [0.2, 0.25) is 0 Å². The fraction of sp³-hybridized carbons (Fsp3) is 0.294. The molecule has 1 unspecified atom stereocenters. The lowest BCUT2D eigenvalue weighted by molar-refractivity contribution is 0.340. The van der Waals surface area contributed by atoms with Crippen molar-refractivity contribution in [3.63, 3.8) is 0 Å². The van der Waals surface area contributed by atoms with Gasteiger partial charge < -0.3 is 4.74 Å². The van der Waals surface area contributed by atoms with E-state index >= 15 is 0 Å². The maximum absolute atomic E-state index is 6.64. The van der Waals surface area contributed by atoms with Gasteiger partial charge >= 0.3 is 0 Å². The number of benzene rings is 2. The highest BCUT2D eigenvalue weighted by Gasteiger charge is 2.19. The second-order valence-electron chi connectivity index (χ2n) is 4.65. The van der Waals surface area contributed by atoms with Gasteiger partial charge in [-0.1, -0.05) is 54.4 Å². The van der Waals surface area contributed by atoms with Gasteiger partial charge in [0.15, 0.2) is 0 Å². The van der Waals surface area contributed by atoms with E-state index in [2.05, 4.69) is 13.0 Å². The van der Waals surface area contributed by atoms with Crippen LogP contribution in [0.1, 0.15) is 35.9 Å². The second kappa shape index (κ2) is 7.40. The highest BCUT2D eigenvalue weighted by atomic mass is 35.5. The predicted octanol–water partition coefficient (Wildman–Crippen LogP) is 6.28. The molecule has 0 spiro atoms. The van der Waals surface area contributed by atoms with Crippen molar-refractivity contribution in [1.29, 1.82) is 0 Å². The van der Waals surface area contributed by atoms with Crippen LogP contribution in [0.3, 0.4) is 0 Å². The van der Waals surface area contributed by atoms with Gasteiger partial charge in [-0.2, -0.15) is 0 Å². The van der Waals surface area contributed by atoms with Gasteiger partial charge in [-0.3, -0.25) is 0 Å². The summed E-state index contributed by atoms with van der Waals surface area (Å²) in [5.74, 6) is 0.584. The third-order valence-corrected chi connectivity index (χ3v) is 4.43.